The fraction of sp³-hybridized carbons (Fsp3) is 0.269. The molecule has 0 aliphatic carbocycles. The number of piperazine rings is 1. The second kappa shape index (κ2) is 8.35. The Bertz CT molecular complexity index is 1500. The van der Waals surface area contributed by atoms with Crippen molar-refractivity contribution in [3.8, 4) is 0 Å². The number of likely N-dealkylation sites (tertiary alicyclic amines) is 1. The molecule has 3 saturated heterocycles. The number of nitrogens with zero attached hydrogens (tertiary/aromatic N) is 3. The van der Waals surface area contributed by atoms with E-state index in [2.05, 4.69) is 5.32 Å². The normalized spacial score (nSPS) is 22.7. The number of imide groups is 1. The molecule has 2 bridgehead atoms. The van der Waals surface area contributed by atoms with Crippen molar-refractivity contribution in [3.63, 3.8) is 0 Å². The van der Waals surface area contributed by atoms with E-state index in [-0.39, 0.29) is 19.0 Å². The molecule has 3 aliphatic heterocycles. The largest absolute Gasteiger partial charge is 0.416 e. The lowest BCUT2D eigenvalue weighted by atomic mass is 10.1. The molecular weight excluding hydrogens is 530 g/mol. The lowest BCUT2D eigenvalue weighted by Gasteiger charge is -2.34. The number of carbonyl (C=O) groups is 3. The third kappa shape index (κ3) is 3.94. The molecule has 0 saturated carbocycles. The molecule has 0 aromatic heterocycles. The molecule has 3 aliphatic rings. The van der Waals surface area contributed by atoms with Crippen LogP contribution in [-0.2, 0) is 17.1 Å². The second-order valence-electron chi connectivity index (χ2n) is 9.64. The molecule has 6 rings (SSSR count). The number of alkyl halides is 6. The summed E-state index contributed by atoms with van der Waals surface area (Å²) < 4.78 is 79.4. The van der Waals surface area contributed by atoms with Crippen LogP contribution in [0.15, 0.2) is 60.7 Å². The number of carbonyl (C=O) groups excluding carboxylic acids is 3. The van der Waals surface area contributed by atoms with Crippen LogP contribution >= 0.6 is 0 Å². The van der Waals surface area contributed by atoms with E-state index in [1.807, 2.05) is 18.2 Å². The summed E-state index contributed by atoms with van der Waals surface area (Å²) in [4.78, 5) is 43.6. The Morgan fingerprint density at radius 3 is 2.18 bits per heavy atom. The van der Waals surface area contributed by atoms with Gasteiger partial charge in [0.05, 0.1) is 28.9 Å². The third-order valence-corrected chi connectivity index (χ3v) is 7.37. The zero-order valence-electron chi connectivity index (χ0n) is 19.8. The quantitative estimate of drug-likeness (QED) is 0.330. The fourth-order valence-electron chi connectivity index (χ4n) is 5.74. The van der Waals surface area contributed by atoms with Crippen LogP contribution in [0.1, 0.15) is 17.5 Å². The van der Waals surface area contributed by atoms with Gasteiger partial charge in [-0.15, -0.1) is 0 Å². The van der Waals surface area contributed by atoms with Gasteiger partial charge in [0.1, 0.15) is 6.04 Å². The maximum Gasteiger partial charge on any atom is 0.416 e. The van der Waals surface area contributed by atoms with Crippen molar-refractivity contribution in [3.05, 3.63) is 71.8 Å². The lowest BCUT2D eigenvalue weighted by Crippen LogP contribution is -2.55. The molecular formula is C26H18F6N4O3. The third-order valence-electron chi connectivity index (χ3n) is 7.37. The molecule has 0 spiro atoms. The smallest absolute Gasteiger partial charge is 0.317 e. The molecule has 3 aromatic rings. The molecule has 7 nitrogen and oxygen atoms in total. The van der Waals surface area contributed by atoms with Gasteiger partial charge < -0.3 is 15.1 Å². The van der Waals surface area contributed by atoms with Crippen molar-refractivity contribution >= 4 is 40.1 Å². The molecule has 3 heterocycles. The van der Waals surface area contributed by atoms with Gasteiger partial charge in [-0.25, -0.2) is 14.5 Å². The average Bonchev–Trinajstić information content (AvgIpc) is 3.54. The average molecular weight is 548 g/mol. The van der Waals surface area contributed by atoms with Crippen LogP contribution in [-0.4, -0.2) is 52.4 Å². The Balaban J connectivity index is 1.27. The van der Waals surface area contributed by atoms with Gasteiger partial charge in [0.15, 0.2) is 0 Å². The highest BCUT2D eigenvalue weighted by molar-refractivity contribution is 6.25. The lowest BCUT2D eigenvalue weighted by molar-refractivity contribution is -0.143. The minimum Gasteiger partial charge on any atom is -0.317 e. The van der Waals surface area contributed by atoms with E-state index in [1.165, 1.54) is 9.80 Å². The Hall–Kier alpha value is -4.29. The molecule has 202 valence electrons. The summed E-state index contributed by atoms with van der Waals surface area (Å²) in [5.74, 6) is -0.556. The molecule has 39 heavy (non-hydrogen) atoms. The predicted octanol–water partition coefficient (Wildman–Crippen LogP) is 5.70. The molecule has 5 amide bonds. The highest BCUT2D eigenvalue weighted by Gasteiger charge is 2.63. The first kappa shape index (κ1) is 25.0. The van der Waals surface area contributed by atoms with Crippen LogP contribution in [0.25, 0.3) is 10.8 Å². The van der Waals surface area contributed by atoms with E-state index in [0.29, 0.717) is 23.2 Å². The van der Waals surface area contributed by atoms with Crippen molar-refractivity contribution < 1.29 is 40.7 Å². The summed E-state index contributed by atoms with van der Waals surface area (Å²) in [5, 5.41) is 3.61. The van der Waals surface area contributed by atoms with Gasteiger partial charge in [-0.1, -0.05) is 36.4 Å². The maximum atomic E-state index is 13.5. The first-order chi connectivity index (χ1) is 18.3. The highest BCUT2D eigenvalue weighted by Crippen LogP contribution is 2.44. The number of fused-ring (bicyclic) bond motifs is 6. The summed E-state index contributed by atoms with van der Waals surface area (Å²) in [6, 6.07) is 9.32. The molecule has 0 radical (unpaired) electrons. The summed E-state index contributed by atoms with van der Waals surface area (Å²) in [6.07, 6.45) is -9.89. The number of hydrogen-bond donors (Lipinski definition) is 1. The molecule has 13 heteroatoms. The van der Waals surface area contributed by atoms with Gasteiger partial charge >= 0.3 is 24.4 Å². The van der Waals surface area contributed by atoms with Crippen molar-refractivity contribution in [2.24, 2.45) is 0 Å². The minimum atomic E-state index is -5.07. The SMILES string of the molecule is O=C1[C@@H]2C3C[C@H](CN3C(=O)Nc3cc(C(F)(F)F)cc(C(F)(F)F)c3)N2C(=O)N1c1cccc2ccccc12. The maximum absolute atomic E-state index is 13.5. The number of urea groups is 2. The predicted molar refractivity (Wildman–Crippen MR) is 127 cm³/mol. The van der Waals surface area contributed by atoms with Gasteiger partial charge in [0, 0.05) is 17.6 Å². The zero-order chi connectivity index (χ0) is 27.9. The first-order valence-corrected chi connectivity index (χ1v) is 11.9. The number of amides is 5. The highest BCUT2D eigenvalue weighted by atomic mass is 19.4. The van der Waals surface area contributed by atoms with Crippen LogP contribution in [0.5, 0.6) is 0 Å². The van der Waals surface area contributed by atoms with Crippen LogP contribution in [0.3, 0.4) is 0 Å². The van der Waals surface area contributed by atoms with Crippen molar-refractivity contribution in [1.29, 1.82) is 0 Å². The Morgan fingerprint density at radius 2 is 1.51 bits per heavy atom. The van der Waals surface area contributed by atoms with E-state index in [0.717, 1.165) is 10.3 Å². The zero-order valence-corrected chi connectivity index (χ0v) is 19.8. The van der Waals surface area contributed by atoms with Crippen LogP contribution in [0.2, 0.25) is 0 Å². The number of hydrogen-bond acceptors (Lipinski definition) is 3. The summed E-state index contributed by atoms with van der Waals surface area (Å²) in [6.45, 7) is -0.0273. The second-order valence-corrected chi connectivity index (χ2v) is 9.64. The van der Waals surface area contributed by atoms with Crippen molar-refractivity contribution in [2.45, 2.75) is 36.9 Å². The molecule has 3 atom stereocenters. The number of benzene rings is 3. The molecule has 3 fully saturated rings. The van der Waals surface area contributed by atoms with Gasteiger partial charge in [-0.3, -0.25) is 4.79 Å². The van der Waals surface area contributed by atoms with Crippen molar-refractivity contribution in [2.75, 3.05) is 16.8 Å². The van der Waals surface area contributed by atoms with Crippen LogP contribution in [0, 0.1) is 0 Å². The van der Waals surface area contributed by atoms with Crippen molar-refractivity contribution in [1.82, 2.24) is 9.80 Å². The van der Waals surface area contributed by atoms with Crippen LogP contribution in [0.4, 0.5) is 47.3 Å². The Kier molecular flexibility index (Phi) is 5.36. The van der Waals surface area contributed by atoms with E-state index in [9.17, 15) is 40.7 Å². The molecule has 1 N–H and O–H groups in total. The minimum absolute atomic E-state index is 0.0273. The topological polar surface area (TPSA) is 73.0 Å². The summed E-state index contributed by atoms with van der Waals surface area (Å²) in [5.41, 5.74) is -3.43. The Morgan fingerprint density at radius 1 is 0.872 bits per heavy atom. The monoisotopic (exact) mass is 548 g/mol. The Labute approximate surface area is 216 Å². The number of rotatable bonds is 2. The van der Waals surface area contributed by atoms with E-state index >= 15 is 0 Å². The van der Waals surface area contributed by atoms with Gasteiger partial charge in [0.25, 0.3) is 5.91 Å². The summed E-state index contributed by atoms with van der Waals surface area (Å²) >= 11 is 0. The van der Waals surface area contributed by atoms with Crippen LogP contribution < -0.4 is 10.2 Å². The number of anilines is 2. The van der Waals surface area contributed by atoms with Gasteiger partial charge in [0.2, 0.25) is 0 Å². The van der Waals surface area contributed by atoms with Gasteiger partial charge in [-0.2, -0.15) is 26.3 Å². The molecule has 1 unspecified atom stereocenters. The van der Waals surface area contributed by atoms with E-state index < -0.39 is 65.3 Å². The summed E-state index contributed by atoms with van der Waals surface area (Å²) in [7, 11) is 0. The van der Waals surface area contributed by atoms with E-state index in [4.69, 9.17) is 0 Å². The first-order valence-electron chi connectivity index (χ1n) is 11.9. The van der Waals surface area contributed by atoms with Gasteiger partial charge in [-0.05, 0) is 36.1 Å². The number of nitrogens with one attached hydrogen (secondary N) is 1. The standard InChI is InChI=1S/C26H18F6N4O3/c27-25(28,29)14-8-15(26(30,31)32)10-16(9-14)33-23(38)34-12-17-11-20(34)21-22(37)36(24(39)35(17)21)19-7-3-5-13-4-1-2-6-18(13)19/h1-10,17,20-21H,11-12H2,(H,33,38)/t17-,20?,21+/m1/s1. The van der Waals surface area contributed by atoms with E-state index in [1.54, 1.807) is 24.3 Å². The number of halogens is 6. The fourth-order valence-corrected chi connectivity index (χ4v) is 5.74. The molecule has 3 aromatic carbocycles.